The number of carbonyl (C=O) groups is 2. The van der Waals surface area contributed by atoms with Crippen LogP contribution in [-0.4, -0.2) is 35.2 Å². The zero-order chi connectivity index (χ0) is 23.1. The van der Waals surface area contributed by atoms with Gasteiger partial charge in [-0.3, -0.25) is 14.9 Å². The molecule has 0 fully saturated rings. The van der Waals surface area contributed by atoms with E-state index in [0.29, 0.717) is 15.2 Å². The number of anilines is 1. The molecule has 3 rings (SSSR count). The first kappa shape index (κ1) is 23.7. The standard InChI is InChI=1S/C23H25ClN4O3S/c1-4-14(2)20(25-19(29)12-15-8-10-18(31-3)11-9-15)21(30)26-23-28-27-22(32-23)16-6-5-7-17(24)13-16/h5-11,13-14,20H,4,12H2,1-3H3,(H,25,29)(H,26,28,30). The van der Waals surface area contributed by atoms with Gasteiger partial charge in [-0.1, -0.05) is 67.5 Å². The first-order valence-electron chi connectivity index (χ1n) is 10.2. The molecule has 2 atom stereocenters. The van der Waals surface area contributed by atoms with Gasteiger partial charge in [0.2, 0.25) is 16.9 Å². The molecule has 0 aliphatic rings. The summed E-state index contributed by atoms with van der Waals surface area (Å²) in [5.74, 6) is 0.110. The van der Waals surface area contributed by atoms with Crippen LogP contribution in [-0.2, 0) is 16.0 Å². The number of benzene rings is 2. The Balaban J connectivity index is 1.66. The highest BCUT2D eigenvalue weighted by molar-refractivity contribution is 7.18. The van der Waals surface area contributed by atoms with E-state index >= 15 is 0 Å². The predicted molar refractivity (Wildman–Crippen MR) is 127 cm³/mol. The summed E-state index contributed by atoms with van der Waals surface area (Å²) >= 11 is 7.29. The Morgan fingerprint density at radius 1 is 1.16 bits per heavy atom. The van der Waals surface area contributed by atoms with Gasteiger partial charge in [0.15, 0.2) is 0 Å². The van der Waals surface area contributed by atoms with Gasteiger partial charge in [0.05, 0.1) is 13.5 Å². The number of methoxy groups -OCH3 is 1. The molecule has 32 heavy (non-hydrogen) atoms. The van der Waals surface area contributed by atoms with E-state index in [1.807, 2.05) is 38.1 Å². The monoisotopic (exact) mass is 472 g/mol. The molecule has 0 radical (unpaired) electrons. The Bertz CT molecular complexity index is 1070. The van der Waals surface area contributed by atoms with Crippen LogP contribution in [0.1, 0.15) is 25.8 Å². The van der Waals surface area contributed by atoms with E-state index in [2.05, 4.69) is 20.8 Å². The lowest BCUT2D eigenvalue weighted by Gasteiger charge is -2.23. The largest absolute Gasteiger partial charge is 0.497 e. The zero-order valence-corrected chi connectivity index (χ0v) is 19.7. The van der Waals surface area contributed by atoms with Crippen LogP contribution in [0.2, 0.25) is 5.02 Å². The Morgan fingerprint density at radius 2 is 1.91 bits per heavy atom. The minimum absolute atomic E-state index is 0.0601. The van der Waals surface area contributed by atoms with Gasteiger partial charge in [-0.25, -0.2) is 0 Å². The number of carbonyl (C=O) groups excluding carboxylic acids is 2. The van der Waals surface area contributed by atoms with Gasteiger partial charge in [0.1, 0.15) is 16.8 Å². The summed E-state index contributed by atoms with van der Waals surface area (Å²) in [4.78, 5) is 25.6. The van der Waals surface area contributed by atoms with Gasteiger partial charge in [0, 0.05) is 10.6 Å². The van der Waals surface area contributed by atoms with Crippen LogP contribution >= 0.6 is 22.9 Å². The maximum Gasteiger partial charge on any atom is 0.249 e. The number of nitrogens with one attached hydrogen (secondary N) is 2. The first-order valence-corrected chi connectivity index (χ1v) is 11.4. The van der Waals surface area contributed by atoms with E-state index in [0.717, 1.165) is 23.3 Å². The lowest BCUT2D eigenvalue weighted by Crippen LogP contribution is -2.48. The first-order chi connectivity index (χ1) is 15.4. The third-order valence-electron chi connectivity index (χ3n) is 5.06. The highest BCUT2D eigenvalue weighted by Gasteiger charge is 2.27. The maximum absolute atomic E-state index is 13.0. The van der Waals surface area contributed by atoms with Crippen molar-refractivity contribution in [2.24, 2.45) is 5.92 Å². The van der Waals surface area contributed by atoms with Crippen molar-refractivity contribution in [2.75, 3.05) is 12.4 Å². The third-order valence-corrected chi connectivity index (χ3v) is 6.19. The van der Waals surface area contributed by atoms with Crippen LogP contribution in [0, 0.1) is 5.92 Å². The topological polar surface area (TPSA) is 93.2 Å². The molecule has 2 N–H and O–H groups in total. The molecule has 0 aliphatic heterocycles. The van der Waals surface area contributed by atoms with Crippen molar-refractivity contribution in [1.82, 2.24) is 15.5 Å². The second-order valence-corrected chi connectivity index (χ2v) is 8.78. The number of hydrogen-bond acceptors (Lipinski definition) is 6. The Labute approximate surface area is 196 Å². The fraction of sp³-hybridized carbons (Fsp3) is 0.304. The van der Waals surface area contributed by atoms with Gasteiger partial charge >= 0.3 is 0 Å². The molecule has 7 nitrogen and oxygen atoms in total. The fourth-order valence-corrected chi connectivity index (χ4v) is 3.98. The van der Waals surface area contributed by atoms with E-state index in [4.69, 9.17) is 16.3 Å². The minimum atomic E-state index is -0.690. The number of nitrogens with zero attached hydrogens (tertiary/aromatic N) is 2. The van der Waals surface area contributed by atoms with E-state index in [9.17, 15) is 9.59 Å². The predicted octanol–water partition coefficient (Wildman–Crippen LogP) is 4.58. The quantitative estimate of drug-likeness (QED) is 0.475. The Kier molecular flexibility index (Phi) is 8.19. The minimum Gasteiger partial charge on any atom is -0.497 e. The summed E-state index contributed by atoms with van der Waals surface area (Å²) < 4.78 is 5.14. The molecule has 2 amide bonds. The molecular weight excluding hydrogens is 448 g/mol. The van der Waals surface area contributed by atoms with Gasteiger partial charge < -0.3 is 10.1 Å². The van der Waals surface area contributed by atoms with Crippen molar-refractivity contribution in [3.8, 4) is 16.3 Å². The molecule has 3 aromatic rings. The van der Waals surface area contributed by atoms with Crippen molar-refractivity contribution >= 4 is 39.9 Å². The highest BCUT2D eigenvalue weighted by Crippen LogP contribution is 2.28. The molecule has 2 aromatic carbocycles. The van der Waals surface area contributed by atoms with Crippen LogP contribution in [0.15, 0.2) is 48.5 Å². The normalized spacial score (nSPS) is 12.6. The molecule has 168 valence electrons. The van der Waals surface area contributed by atoms with Gasteiger partial charge in [-0.15, -0.1) is 10.2 Å². The Hall–Kier alpha value is -2.97. The summed E-state index contributed by atoms with van der Waals surface area (Å²) in [6.07, 6.45) is 0.896. The highest BCUT2D eigenvalue weighted by atomic mass is 35.5. The molecule has 1 aromatic heterocycles. The van der Waals surface area contributed by atoms with Crippen molar-refractivity contribution in [3.05, 3.63) is 59.1 Å². The molecule has 9 heteroatoms. The molecule has 1 heterocycles. The second kappa shape index (κ2) is 11.1. The van der Waals surface area contributed by atoms with Crippen LogP contribution < -0.4 is 15.4 Å². The average Bonchev–Trinajstić information content (AvgIpc) is 3.26. The van der Waals surface area contributed by atoms with E-state index < -0.39 is 6.04 Å². The number of ether oxygens (including phenoxy) is 1. The molecule has 0 bridgehead atoms. The van der Waals surface area contributed by atoms with Crippen LogP contribution in [0.5, 0.6) is 5.75 Å². The molecule has 0 aliphatic carbocycles. The molecular formula is C23H25ClN4O3S. The summed E-state index contributed by atoms with van der Waals surface area (Å²) in [5.41, 5.74) is 1.66. The van der Waals surface area contributed by atoms with Gasteiger partial charge in [-0.2, -0.15) is 0 Å². The number of hydrogen-bond donors (Lipinski definition) is 2. The summed E-state index contributed by atoms with van der Waals surface area (Å²) in [6, 6.07) is 13.8. The molecule has 0 saturated heterocycles. The van der Waals surface area contributed by atoms with Gasteiger partial charge in [-0.05, 0) is 35.7 Å². The molecule has 0 saturated carbocycles. The molecule has 2 unspecified atom stereocenters. The maximum atomic E-state index is 13.0. The van der Waals surface area contributed by atoms with Crippen LogP contribution in [0.3, 0.4) is 0 Å². The summed E-state index contributed by atoms with van der Waals surface area (Å²) in [6.45, 7) is 3.90. The lowest BCUT2D eigenvalue weighted by molar-refractivity contribution is -0.127. The van der Waals surface area contributed by atoms with Crippen molar-refractivity contribution in [1.29, 1.82) is 0 Å². The van der Waals surface area contributed by atoms with Gasteiger partial charge in [0.25, 0.3) is 0 Å². The average molecular weight is 473 g/mol. The molecule has 0 spiro atoms. The number of halogens is 1. The van der Waals surface area contributed by atoms with Crippen LogP contribution in [0.25, 0.3) is 10.6 Å². The van der Waals surface area contributed by atoms with E-state index in [1.54, 1.807) is 31.4 Å². The fourth-order valence-electron chi connectivity index (χ4n) is 3.05. The smallest absolute Gasteiger partial charge is 0.249 e. The van der Waals surface area contributed by atoms with E-state index in [1.165, 1.54) is 11.3 Å². The van der Waals surface area contributed by atoms with Crippen molar-refractivity contribution in [3.63, 3.8) is 0 Å². The Morgan fingerprint density at radius 3 is 2.56 bits per heavy atom. The second-order valence-electron chi connectivity index (χ2n) is 7.37. The number of aromatic nitrogens is 2. The zero-order valence-electron chi connectivity index (χ0n) is 18.1. The van der Waals surface area contributed by atoms with Crippen molar-refractivity contribution < 1.29 is 14.3 Å². The number of amides is 2. The summed E-state index contributed by atoms with van der Waals surface area (Å²) in [7, 11) is 1.59. The number of rotatable bonds is 9. The SMILES string of the molecule is CCC(C)C(NC(=O)Cc1ccc(OC)cc1)C(=O)Nc1nnc(-c2cccc(Cl)c2)s1. The summed E-state index contributed by atoms with van der Waals surface area (Å²) in [5, 5.41) is 15.5. The lowest BCUT2D eigenvalue weighted by atomic mass is 9.98. The third kappa shape index (κ3) is 6.27. The van der Waals surface area contributed by atoms with Crippen molar-refractivity contribution in [2.45, 2.75) is 32.7 Å². The van der Waals surface area contributed by atoms with Crippen LogP contribution in [0.4, 0.5) is 5.13 Å². The van der Waals surface area contributed by atoms with E-state index in [-0.39, 0.29) is 24.2 Å².